The van der Waals surface area contributed by atoms with Crippen LogP contribution >= 0.6 is 34.4 Å². The molecule has 0 bridgehead atoms. The molecule has 0 aliphatic heterocycles. The lowest BCUT2D eigenvalue weighted by molar-refractivity contribution is 0.912. The lowest BCUT2D eigenvalue weighted by Crippen LogP contribution is -1.91. The van der Waals surface area contributed by atoms with E-state index in [1.54, 1.807) is 11.8 Å². The van der Waals surface area contributed by atoms with Gasteiger partial charge in [0.1, 0.15) is 0 Å². The van der Waals surface area contributed by atoms with Crippen LogP contribution in [0.15, 0.2) is 48.4 Å². The van der Waals surface area contributed by atoms with Gasteiger partial charge < -0.3 is 0 Å². The number of aryl methyl sites for hydroxylation is 4. The van der Waals surface area contributed by atoms with E-state index in [0.717, 1.165) is 11.3 Å². The summed E-state index contributed by atoms with van der Waals surface area (Å²) in [6.07, 6.45) is 6.99. The Morgan fingerprint density at radius 1 is 1.12 bits per heavy atom. The molecule has 0 saturated heterocycles. The Balaban J connectivity index is 1.60. The number of rotatable bonds is 5. The first-order valence-electron chi connectivity index (χ1n) is 8.43. The van der Waals surface area contributed by atoms with Crippen LogP contribution in [0.25, 0.3) is 4.91 Å². The zero-order valence-corrected chi connectivity index (χ0v) is 17.3. The summed E-state index contributed by atoms with van der Waals surface area (Å²) >= 11 is 4.14. The second-order valence-corrected chi connectivity index (χ2v) is 8.64. The molecule has 0 amide bonds. The maximum absolute atomic E-state index is 4.25. The Kier molecular flexibility index (Phi) is 5.88. The third kappa shape index (κ3) is 4.15. The number of hydrogen-bond donors (Lipinski definition) is 0. The zero-order valence-electron chi connectivity index (χ0n) is 14.4. The van der Waals surface area contributed by atoms with E-state index in [9.17, 15) is 0 Å². The lowest BCUT2D eigenvalue weighted by Gasteiger charge is -2.07. The van der Waals surface area contributed by atoms with Crippen LogP contribution in [0.4, 0.5) is 0 Å². The highest BCUT2D eigenvalue weighted by Gasteiger charge is 2.11. The molecule has 0 heterocycles. The van der Waals surface area contributed by atoms with Crippen LogP contribution in [0.2, 0.25) is 0 Å². The molecule has 0 atom stereocenters. The molecule has 1 aliphatic carbocycles. The van der Waals surface area contributed by atoms with Crippen molar-refractivity contribution >= 4 is 39.3 Å². The molecule has 124 valence electrons. The van der Waals surface area contributed by atoms with Crippen molar-refractivity contribution in [3.05, 3.63) is 85.3 Å². The van der Waals surface area contributed by atoms with E-state index in [1.165, 1.54) is 56.2 Å². The van der Waals surface area contributed by atoms with Crippen LogP contribution in [0.5, 0.6) is 0 Å². The van der Waals surface area contributed by atoms with E-state index in [-0.39, 0.29) is 0 Å². The molecule has 24 heavy (non-hydrogen) atoms. The average molecular weight is 446 g/mol. The monoisotopic (exact) mass is 446 g/mol. The van der Waals surface area contributed by atoms with Crippen molar-refractivity contribution in [2.75, 3.05) is 0 Å². The molecule has 0 saturated carbocycles. The van der Waals surface area contributed by atoms with Crippen LogP contribution in [-0.2, 0) is 19.3 Å². The van der Waals surface area contributed by atoms with Gasteiger partial charge in [0, 0.05) is 8.48 Å². The van der Waals surface area contributed by atoms with Gasteiger partial charge in [-0.25, -0.2) is 0 Å². The second-order valence-electron chi connectivity index (χ2n) is 6.48. The summed E-state index contributed by atoms with van der Waals surface area (Å²) < 4.78 is 1.34. The van der Waals surface area contributed by atoms with Crippen LogP contribution in [0.3, 0.4) is 0 Å². The Morgan fingerprint density at radius 3 is 2.75 bits per heavy atom. The molecule has 2 aromatic carbocycles. The normalized spacial score (nSPS) is 13.5. The van der Waals surface area contributed by atoms with Crippen LogP contribution in [-0.4, -0.2) is 0 Å². The molecule has 0 aromatic heterocycles. The fourth-order valence-corrected chi connectivity index (χ4v) is 4.42. The first kappa shape index (κ1) is 17.8. The van der Waals surface area contributed by atoms with Gasteiger partial charge in [-0.3, -0.25) is 0 Å². The number of fused-ring (bicyclic) bond motifs is 1. The molecule has 0 spiro atoms. The quantitative estimate of drug-likeness (QED) is 0.453. The second kappa shape index (κ2) is 7.92. The van der Waals surface area contributed by atoms with Crippen molar-refractivity contribution in [1.29, 1.82) is 0 Å². The third-order valence-corrected chi connectivity index (χ3v) is 6.69. The highest BCUT2D eigenvalue weighted by molar-refractivity contribution is 14.1. The highest BCUT2D eigenvalue weighted by atomic mass is 127. The molecule has 0 unspecified atom stereocenters. The van der Waals surface area contributed by atoms with Gasteiger partial charge in [-0.1, -0.05) is 48.7 Å². The van der Waals surface area contributed by atoms with Gasteiger partial charge in [0.25, 0.3) is 0 Å². The minimum absolute atomic E-state index is 0.980. The van der Waals surface area contributed by atoms with Gasteiger partial charge in [0.2, 0.25) is 0 Å². The van der Waals surface area contributed by atoms with Gasteiger partial charge in [-0.2, -0.15) is 0 Å². The third-order valence-electron chi connectivity index (χ3n) is 4.68. The van der Waals surface area contributed by atoms with Crippen molar-refractivity contribution in [3.63, 3.8) is 0 Å². The fourth-order valence-electron chi connectivity index (χ4n) is 3.18. The molecule has 3 rings (SSSR count). The molecular formula is C22H23IS. The summed E-state index contributed by atoms with van der Waals surface area (Å²) in [5.74, 6) is 0. The Labute approximate surface area is 163 Å². The van der Waals surface area contributed by atoms with Gasteiger partial charge in [0.15, 0.2) is 0 Å². The Bertz CT molecular complexity index is 802. The number of thioether (sulfide) groups is 1. The number of hydrogen-bond acceptors (Lipinski definition) is 1. The standard InChI is InChI=1S/C22H23IS/c1-15-13-22(23)16(2)12-19(15)8-5-11-24-17(3)20-10-9-18-6-4-7-21(18)14-20/h5,9-14H,3-4,6-8H2,1-2H3/b11-5+. The number of allylic oxidation sites excluding steroid dienone is 1. The predicted octanol–water partition coefficient (Wildman–Crippen LogP) is 6.86. The molecule has 0 fully saturated rings. The SMILES string of the molecule is C=C(S/C=C/Cc1cc(C)c(I)cc1C)c1ccc2c(c1)CCC2. The summed E-state index contributed by atoms with van der Waals surface area (Å²) in [4.78, 5) is 1.14. The van der Waals surface area contributed by atoms with E-state index < -0.39 is 0 Å². The minimum atomic E-state index is 0.980. The van der Waals surface area contributed by atoms with Crippen LogP contribution < -0.4 is 0 Å². The van der Waals surface area contributed by atoms with E-state index in [2.05, 4.69) is 84.8 Å². The summed E-state index contributed by atoms with van der Waals surface area (Å²) in [6, 6.07) is 11.4. The van der Waals surface area contributed by atoms with Crippen molar-refractivity contribution in [2.24, 2.45) is 0 Å². The molecule has 2 heteroatoms. The van der Waals surface area contributed by atoms with Crippen molar-refractivity contribution < 1.29 is 0 Å². The van der Waals surface area contributed by atoms with Crippen molar-refractivity contribution in [1.82, 2.24) is 0 Å². The van der Waals surface area contributed by atoms with Gasteiger partial charge in [-0.05, 0) is 107 Å². The lowest BCUT2D eigenvalue weighted by atomic mass is 10.0. The molecule has 1 aliphatic rings. The smallest absolute Gasteiger partial charge is 0.0162 e. The summed E-state index contributed by atoms with van der Waals surface area (Å²) in [7, 11) is 0. The van der Waals surface area contributed by atoms with Crippen LogP contribution in [0.1, 0.15) is 39.8 Å². The van der Waals surface area contributed by atoms with Gasteiger partial charge >= 0.3 is 0 Å². The van der Waals surface area contributed by atoms with E-state index in [0.29, 0.717) is 0 Å². The molecule has 0 radical (unpaired) electrons. The summed E-state index contributed by atoms with van der Waals surface area (Å²) in [5.41, 5.74) is 8.45. The molecule has 2 aromatic rings. The number of benzene rings is 2. The maximum atomic E-state index is 4.25. The minimum Gasteiger partial charge on any atom is -0.0984 e. The maximum Gasteiger partial charge on any atom is 0.0162 e. The fraction of sp³-hybridized carbons (Fsp3) is 0.273. The topological polar surface area (TPSA) is 0 Å². The van der Waals surface area contributed by atoms with Gasteiger partial charge in [-0.15, -0.1) is 0 Å². The van der Waals surface area contributed by atoms with Crippen molar-refractivity contribution in [3.8, 4) is 0 Å². The summed E-state index contributed by atoms with van der Waals surface area (Å²) in [6.45, 7) is 8.62. The van der Waals surface area contributed by atoms with Crippen molar-refractivity contribution in [2.45, 2.75) is 39.5 Å². The Morgan fingerprint density at radius 2 is 1.92 bits per heavy atom. The Hall–Kier alpha value is -1.00. The number of halogens is 1. The van der Waals surface area contributed by atoms with E-state index >= 15 is 0 Å². The summed E-state index contributed by atoms with van der Waals surface area (Å²) in [5, 5.41) is 2.18. The first-order chi connectivity index (χ1) is 11.5. The first-order valence-corrected chi connectivity index (χ1v) is 10.4. The average Bonchev–Trinajstić information content (AvgIpc) is 3.03. The highest BCUT2D eigenvalue weighted by Crippen LogP contribution is 2.31. The molecule has 0 nitrogen and oxygen atoms in total. The predicted molar refractivity (Wildman–Crippen MR) is 117 cm³/mol. The van der Waals surface area contributed by atoms with E-state index in [4.69, 9.17) is 0 Å². The van der Waals surface area contributed by atoms with E-state index in [1.807, 2.05) is 0 Å². The largest absolute Gasteiger partial charge is 0.0984 e. The van der Waals surface area contributed by atoms with Gasteiger partial charge in [0.05, 0.1) is 0 Å². The molecule has 0 N–H and O–H groups in total. The molecular weight excluding hydrogens is 423 g/mol. The zero-order chi connectivity index (χ0) is 17.1. The van der Waals surface area contributed by atoms with Crippen LogP contribution in [0, 0.1) is 17.4 Å².